The number of nitrogens with zero attached hydrogens (tertiary/aromatic N) is 3. The molecule has 2 aromatic heterocycles. The van der Waals surface area contributed by atoms with Gasteiger partial charge in [-0.1, -0.05) is 48.0 Å². The number of fused-ring (bicyclic) bond motifs is 1. The van der Waals surface area contributed by atoms with Gasteiger partial charge < -0.3 is 4.98 Å². The average molecular weight is 346 g/mol. The first-order valence-electron chi connectivity index (χ1n) is 8.37. The van der Waals surface area contributed by atoms with Crippen molar-refractivity contribution in [2.75, 3.05) is 0 Å². The maximum absolute atomic E-state index is 13.2. The Morgan fingerprint density at radius 2 is 1.81 bits per heavy atom. The summed E-state index contributed by atoms with van der Waals surface area (Å²) in [5.41, 5.74) is 3.56. The molecule has 26 heavy (non-hydrogen) atoms. The largest absolute Gasteiger partial charge is 0.339 e. The van der Waals surface area contributed by atoms with Crippen LogP contribution >= 0.6 is 0 Å². The summed E-state index contributed by atoms with van der Waals surface area (Å²) < 4.78 is 2.75. The number of benzene rings is 2. The van der Waals surface area contributed by atoms with Crippen LogP contribution in [0.5, 0.6) is 0 Å². The lowest BCUT2D eigenvalue weighted by Gasteiger charge is -2.14. The fourth-order valence-electron chi connectivity index (χ4n) is 3.23. The van der Waals surface area contributed by atoms with Crippen molar-refractivity contribution in [3.05, 3.63) is 92.4 Å². The molecule has 0 bridgehead atoms. The molecule has 0 fully saturated rings. The summed E-state index contributed by atoms with van der Waals surface area (Å²) in [5.74, 6) is 0. The van der Waals surface area contributed by atoms with Crippen LogP contribution in [0, 0.1) is 13.8 Å². The topological polar surface area (TPSA) is 72.7 Å². The van der Waals surface area contributed by atoms with Gasteiger partial charge in [0.2, 0.25) is 0 Å². The molecule has 0 aliphatic carbocycles. The Balaban J connectivity index is 2.03. The summed E-state index contributed by atoms with van der Waals surface area (Å²) in [6.45, 7) is 4.15. The molecule has 6 heteroatoms. The van der Waals surface area contributed by atoms with Crippen molar-refractivity contribution in [3.8, 4) is 5.69 Å². The molecule has 0 aliphatic rings. The van der Waals surface area contributed by atoms with Gasteiger partial charge in [0, 0.05) is 0 Å². The number of hydrogen-bond donors (Lipinski definition) is 1. The van der Waals surface area contributed by atoms with E-state index in [4.69, 9.17) is 0 Å². The van der Waals surface area contributed by atoms with Crippen LogP contribution in [0.2, 0.25) is 0 Å². The quantitative estimate of drug-likeness (QED) is 0.620. The van der Waals surface area contributed by atoms with Gasteiger partial charge in [-0.2, -0.15) is 0 Å². The van der Waals surface area contributed by atoms with Crippen LogP contribution in [-0.2, 0) is 6.54 Å². The second-order valence-corrected chi connectivity index (χ2v) is 6.39. The molecule has 0 atom stereocenters. The van der Waals surface area contributed by atoms with Crippen LogP contribution in [0.25, 0.3) is 16.9 Å². The molecular formula is C20H18N4O2. The molecular weight excluding hydrogens is 328 g/mol. The maximum Gasteiger partial charge on any atom is 0.337 e. The van der Waals surface area contributed by atoms with Gasteiger partial charge in [0.25, 0.3) is 5.56 Å². The number of hydrogen-bond acceptors (Lipinski definition) is 3. The summed E-state index contributed by atoms with van der Waals surface area (Å²) in [5, 5.41) is 0. The van der Waals surface area contributed by atoms with Crippen LogP contribution in [0.3, 0.4) is 0 Å². The van der Waals surface area contributed by atoms with Gasteiger partial charge in [-0.25, -0.2) is 14.3 Å². The molecule has 130 valence electrons. The van der Waals surface area contributed by atoms with E-state index in [-0.39, 0.29) is 12.1 Å². The van der Waals surface area contributed by atoms with Crippen molar-refractivity contribution in [3.63, 3.8) is 0 Å². The van der Waals surface area contributed by atoms with Crippen molar-refractivity contribution in [2.24, 2.45) is 0 Å². The third-order valence-corrected chi connectivity index (χ3v) is 4.49. The molecule has 0 saturated heterocycles. The van der Waals surface area contributed by atoms with E-state index in [0.717, 1.165) is 22.4 Å². The van der Waals surface area contributed by atoms with E-state index in [2.05, 4.69) is 9.97 Å². The molecule has 0 aliphatic heterocycles. The number of H-pyrrole nitrogens is 1. The summed E-state index contributed by atoms with van der Waals surface area (Å²) >= 11 is 0. The van der Waals surface area contributed by atoms with Crippen molar-refractivity contribution >= 4 is 11.2 Å². The van der Waals surface area contributed by atoms with E-state index in [1.54, 1.807) is 0 Å². The number of aryl methyl sites for hydroxylation is 2. The molecule has 0 unspecified atom stereocenters. The molecule has 0 amide bonds. The lowest BCUT2D eigenvalue weighted by Crippen LogP contribution is -2.40. The van der Waals surface area contributed by atoms with Gasteiger partial charge in [-0.05, 0) is 31.0 Å². The van der Waals surface area contributed by atoms with Crippen LogP contribution < -0.4 is 11.2 Å². The minimum Gasteiger partial charge on any atom is -0.339 e. The molecule has 4 rings (SSSR count). The Morgan fingerprint density at radius 1 is 1.04 bits per heavy atom. The third kappa shape index (κ3) is 2.56. The van der Waals surface area contributed by atoms with Crippen molar-refractivity contribution in [1.82, 2.24) is 19.1 Å². The number of aromatic nitrogens is 4. The Hall–Kier alpha value is -3.41. The number of aromatic amines is 1. The summed E-state index contributed by atoms with van der Waals surface area (Å²) in [6, 6.07) is 15.3. The Kier molecular flexibility index (Phi) is 3.80. The minimum absolute atomic E-state index is 0.207. The molecule has 0 saturated carbocycles. The fraction of sp³-hybridized carbons (Fsp3) is 0.150. The Morgan fingerprint density at radius 3 is 2.54 bits per heavy atom. The van der Waals surface area contributed by atoms with Crippen LogP contribution in [0.15, 0.2) is 64.4 Å². The van der Waals surface area contributed by atoms with Crippen LogP contribution in [-0.4, -0.2) is 19.1 Å². The number of imidazole rings is 1. The van der Waals surface area contributed by atoms with E-state index in [1.807, 2.05) is 62.4 Å². The first kappa shape index (κ1) is 16.1. The van der Waals surface area contributed by atoms with Gasteiger partial charge in [-0.3, -0.25) is 9.36 Å². The summed E-state index contributed by atoms with van der Waals surface area (Å²) in [6.07, 6.45) is 1.44. The highest BCUT2D eigenvalue weighted by Gasteiger charge is 2.17. The second-order valence-electron chi connectivity index (χ2n) is 6.39. The zero-order chi connectivity index (χ0) is 18.3. The van der Waals surface area contributed by atoms with E-state index in [0.29, 0.717) is 11.2 Å². The smallest absolute Gasteiger partial charge is 0.337 e. The molecule has 0 spiro atoms. The normalized spacial score (nSPS) is 11.2. The van der Waals surface area contributed by atoms with Gasteiger partial charge in [-0.15, -0.1) is 0 Å². The van der Waals surface area contributed by atoms with Gasteiger partial charge in [0.05, 0.1) is 18.6 Å². The standard InChI is InChI=1S/C20H18N4O2/c1-13-8-9-16(14(2)10-13)24-18-17(21-12-22-18)19(25)23(20(24)26)11-15-6-4-3-5-7-15/h3-10,12H,11H2,1-2H3,(H,21,22). The van der Waals surface area contributed by atoms with Gasteiger partial charge >= 0.3 is 5.69 Å². The highest BCUT2D eigenvalue weighted by molar-refractivity contribution is 5.71. The van der Waals surface area contributed by atoms with Crippen molar-refractivity contribution in [1.29, 1.82) is 0 Å². The molecule has 1 N–H and O–H groups in total. The molecule has 6 nitrogen and oxygen atoms in total. The highest BCUT2D eigenvalue weighted by atomic mass is 16.2. The van der Waals surface area contributed by atoms with E-state index in [1.165, 1.54) is 15.5 Å². The SMILES string of the molecule is Cc1ccc(-n2c(=O)n(Cc3ccccc3)c(=O)c3[nH]cnc32)c(C)c1. The van der Waals surface area contributed by atoms with Gasteiger partial charge in [0.1, 0.15) is 5.52 Å². The summed E-state index contributed by atoms with van der Waals surface area (Å²) in [7, 11) is 0. The molecule has 2 heterocycles. The lowest BCUT2D eigenvalue weighted by atomic mass is 10.1. The van der Waals surface area contributed by atoms with E-state index >= 15 is 0 Å². The lowest BCUT2D eigenvalue weighted by molar-refractivity contribution is 0.682. The van der Waals surface area contributed by atoms with Crippen molar-refractivity contribution < 1.29 is 0 Å². The third-order valence-electron chi connectivity index (χ3n) is 4.49. The van der Waals surface area contributed by atoms with Gasteiger partial charge in [0.15, 0.2) is 5.65 Å². The zero-order valence-corrected chi connectivity index (χ0v) is 14.6. The van der Waals surface area contributed by atoms with Crippen LogP contribution in [0.1, 0.15) is 16.7 Å². The van der Waals surface area contributed by atoms with E-state index < -0.39 is 5.69 Å². The number of rotatable bonds is 3. The predicted octanol–water partition coefficient (Wildman–Crippen LogP) is 2.54. The average Bonchev–Trinajstić information content (AvgIpc) is 3.11. The summed E-state index contributed by atoms with van der Waals surface area (Å²) in [4.78, 5) is 33.1. The zero-order valence-electron chi connectivity index (χ0n) is 14.6. The monoisotopic (exact) mass is 346 g/mol. The predicted molar refractivity (Wildman–Crippen MR) is 101 cm³/mol. The Bertz CT molecular complexity index is 1220. The second kappa shape index (κ2) is 6.15. The first-order valence-corrected chi connectivity index (χ1v) is 8.37. The molecule has 4 aromatic rings. The first-order chi connectivity index (χ1) is 12.6. The van der Waals surface area contributed by atoms with Crippen LogP contribution in [0.4, 0.5) is 0 Å². The van der Waals surface area contributed by atoms with E-state index in [9.17, 15) is 9.59 Å². The molecule has 2 aromatic carbocycles. The number of nitrogens with one attached hydrogen (secondary N) is 1. The minimum atomic E-state index is -0.398. The maximum atomic E-state index is 13.2. The highest BCUT2D eigenvalue weighted by Crippen LogP contribution is 2.17. The van der Waals surface area contributed by atoms with Crippen molar-refractivity contribution in [2.45, 2.75) is 20.4 Å². The molecule has 0 radical (unpaired) electrons. The fourth-order valence-corrected chi connectivity index (χ4v) is 3.23. The Labute approximate surface area is 149 Å².